The highest BCUT2D eigenvalue weighted by Gasteiger charge is 2.36. The van der Waals surface area contributed by atoms with Gasteiger partial charge in [-0.2, -0.15) is 13.2 Å². The normalized spacial score (nSPS) is 17.9. The lowest BCUT2D eigenvalue weighted by Gasteiger charge is -2.28. The van der Waals surface area contributed by atoms with Crippen LogP contribution < -0.4 is 4.90 Å². The Labute approximate surface area is 161 Å². The summed E-state index contributed by atoms with van der Waals surface area (Å²) in [6.45, 7) is 2.29. The number of rotatable bonds is 3. The van der Waals surface area contributed by atoms with E-state index in [9.17, 15) is 13.2 Å². The quantitative estimate of drug-likeness (QED) is 0.781. The third kappa shape index (κ3) is 3.94. The third-order valence-electron chi connectivity index (χ3n) is 4.69. The summed E-state index contributed by atoms with van der Waals surface area (Å²) in [5, 5.41) is 0. The summed E-state index contributed by atoms with van der Waals surface area (Å²) < 4.78 is 46.0. The van der Waals surface area contributed by atoms with E-state index in [1.165, 1.54) is 6.08 Å². The van der Waals surface area contributed by atoms with Crippen molar-refractivity contribution in [2.24, 2.45) is 0 Å². The fraction of sp³-hybridized carbons (Fsp3) is 0.286. The van der Waals surface area contributed by atoms with Gasteiger partial charge in [0, 0.05) is 18.7 Å². The molecule has 0 atom stereocenters. The van der Waals surface area contributed by atoms with E-state index in [0.717, 1.165) is 11.6 Å². The number of alkyl halides is 3. The molecule has 1 aromatic carbocycles. The number of benzene rings is 1. The number of allylic oxidation sites excluding steroid dienone is 4. The summed E-state index contributed by atoms with van der Waals surface area (Å²) in [5.74, 6) is 0.427. The lowest BCUT2D eigenvalue weighted by Crippen LogP contribution is -2.37. The van der Waals surface area contributed by atoms with Gasteiger partial charge >= 0.3 is 6.18 Å². The topological polar surface area (TPSA) is 38.2 Å². The number of halogens is 3. The first kappa shape index (κ1) is 18.7. The minimum absolute atomic E-state index is 0.101. The van der Waals surface area contributed by atoms with Gasteiger partial charge in [0.15, 0.2) is 0 Å². The molecule has 4 nitrogen and oxygen atoms in total. The van der Waals surface area contributed by atoms with Crippen molar-refractivity contribution in [3.8, 4) is 11.3 Å². The molecular formula is C21H19F3N3O. The Balaban J connectivity index is 1.86. The maximum atomic E-state index is 13.6. The number of ether oxygens (including phenoxy) is 1. The van der Waals surface area contributed by atoms with Crippen LogP contribution in [0.15, 0.2) is 54.1 Å². The molecule has 1 radical (unpaired) electrons. The van der Waals surface area contributed by atoms with Crippen LogP contribution in [0.3, 0.4) is 0 Å². The van der Waals surface area contributed by atoms with Crippen molar-refractivity contribution in [1.82, 2.24) is 9.97 Å². The summed E-state index contributed by atoms with van der Waals surface area (Å²) in [6.07, 6.45) is 0.206. The lowest BCUT2D eigenvalue weighted by atomic mass is 9.93. The molecular weight excluding hydrogens is 367 g/mol. The van der Waals surface area contributed by atoms with Gasteiger partial charge in [-0.1, -0.05) is 42.5 Å². The van der Waals surface area contributed by atoms with Gasteiger partial charge < -0.3 is 9.64 Å². The van der Waals surface area contributed by atoms with E-state index in [1.54, 1.807) is 12.5 Å². The molecule has 0 bridgehead atoms. The molecule has 2 aromatic rings. The standard InChI is InChI=1S/C21H19F3N3O/c22-21(23,24)17-9-5-4-8-16(17)19-14-18(15-6-2-1-3-7-15)25-20(26-19)27-10-12-28-13-11-27/h1-3,5-9,14H,4,10-13H2. The SMILES string of the molecule is FC(F)(F)C1=C(c2cc(-c3ccccc3)nc(N3CCOCC3)n2)[CH]CC=C1. The van der Waals surface area contributed by atoms with Crippen molar-refractivity contribution in [2.45, 2.75) is 12.6 Å². The molecule has 0 N–H and O–H groups in total. The zero-order chi connectivity index (χ0) is 19.6. The second-order valence-electron chi connectivity index (χ2n) is 6.57. The van der Waals surface area contributed by atoms with Crippen LogP contribution in [0, 0.1) is 6.42 Å². The minimum Gasteiger partial charge on any atom is -0.378 e. The summed E-state index contributed by atoms with van der Waals surface area (Å²) in [5.41, 5.74) is 1.14. The Hall–Kier alpha value is -2.67. The van der Waals surface area contributed by atoms with Gasteiger partial charge in [0.05, 0.1) is 30.2 Å². The highest BCUT2D eigenvalue weighted by Crippen LogP contribution is 2.38. The average molecular weight is 386 g/mol. The molecule has 1 saturated heterocycles. The second-order valence-corrected chi connectivity index (χ2v) is 6.57. The fourth-order valence-electron chi connectivity index (χ4n) is 3.30. The molecule has 145 valence electrons. The van der Waals surface area contributed by atoms with Gasteiger partial charge in [0.25, 0.3) is 0 Å². The van der Waals surface area contributed by atoms with Crippen molar-refractivity contribution in [3.05, 3.63) is 66.2 Å². The Morgan fingerprint density at radius 1 is 0.964 bits per heavy atom. The number of nitrogens with zero attached hydrogens (tertiary/aromatic N) is 3. The van der Waals surface area contributed by atoms with Crippen LogP contribution in [0.4, 0.5) is 19.1 Å². The van der Waals surface area contributed by atoms with Crippen LogP contribution in [0.25, 0.3) is 16.8 Å². The van der Waals surface area contributed by atoms with Crippen LogP contribution in [0.1, 0.15) is 12.1 Å². The highest BCUT2D eigenvalue weighted by molar-refractivity contribution is 5.79. The molecule has 0 unspecified atom stereocenters. The van der Waals surface area contributed by atoms with Crippen molar-refractivity contribution >= 4 is 11.5 Å². The molecule has 28 heavy (non-hydrogen) atoms. The predicted molar refractivity (Wildman–Crippen MR) is 102 cm³/mol. The smallest absolute Gasteiger partial charge is 0.378 e. The second kappa shape index (κ2) is 7.75. The van der Waals surface area contributed by atoms with Gasteiger partial charge in [-0.15, -0.1) is 0 Å². The van der Waals surface area contributed by atoms with Crippen LogP contribution in [-0.4, -0.2) is 42.4 Å². The van der Waals surface area contributed by atoms with E-state index in [1.807, 2.05) is 35.2 Å². The van der Waals surface area contributed by atoms with Gasteiger partial charge in [-0.05, 0) is 24.5 Å². The summed E-state index contributed by atoms with van der Waals surface area (Å²) >= 11 is 0. The molecule has 1 aliphatic carbocycles. The van der Waals surface area contributed by atoms with Crippen LogP contribution in [0.5, 0.6) is 0 Å². The Morgan fingerprint density at radius 2 is 1.68 bits per heavy atom. The molecule has 2 aliphatic rings. The molecule has 0 saturated carbocycles. The van der Waals surface area contributed by atoms with Crippen molar-refractivity contribution in [3.63, 3.8) is 0 Å². The number of hydrogen-bond acceptors (Lipinski definition) is 4. The monoisotopic (exact) mass is 386 g/mol. The average Bonchev–Trinajstić information content (AvgIpc) is 2.74. The summed E-state index contributed by atoms with van der Waals surface area (Å²) in [7, 11) is 0. The molecule has 1 fully saturated rings. The van der Waals surface area contributed by atoms with Crippen LogP contribution in [-0.2, 0) is 4.74 Å². The lowest BCUT2D eigenvalue weighted by molar-refractivity contribution is -0.0877. The van der Waals surface area contributed by atoms with Gasteiger partial charge in [-0.3, -0.25) is 0 Å². The van der Waals surface area contributed by atoms with E-state index in [4.69, 9.17) is 4.74 Å². The fourth-order valence-corrected chi connectivity index (χ4v) is 3.30. The highest BCUT2D eigenvalue weighted by atomic mass is 19.4. The third-order valence-corrected chi connectivity index (χ3v) is 4.69. The van der Waals surface area contributed by atoms with E-state index in [0.29, 0.717) is 44.4 Å². The molecule has 0 amide bonds. The number of anilines is 1. The van der Waals surface area contributed by atoms with E-state index < -0.39 is 11.7 Å². The van der Waals surface area contributed by atoms with Gasteiger partial charge in [-0.25, -0.2) is 9.97 Å². The van der Waals surface area contributed by atoms with Crippen molar-refractivity contribution in [1.29, 1.82) is 0 Å². The van der Waals surface area contributed by atoms with E-state index in [2.05, 4.69) is 9.97 Å². The van der Waals surface area contributed by atoms with E-state index >= 15 is 0 Å². The van der Waals surface area contributed by atoms with Crippen LogP contribution in [0.2, 0.25) is 0 Å². The molecule has 1 aliphatic heterocycles. The molecule has 4 rings (SSSR count). The zero-order valence-electron chi connectivity index (χ0n) is 15.1. The zero-order valence-corrected chi connectivity index (χ0v) is 15.1. The molecule has 0 spiro atoms. The molecule has 2 heterocycles. The minimum atomic E-state index is -4.44. The Bertz CT molecular complexity index is 901. The van der Waals surface area contributed by atoms with Crippen LogP contribution >= 0.6 is 0 Å². The van der Waals surface area contributed by atoms with Crippen molar-refractivity contribution in [2.75, 3.05) is 31.2 Å². The summed E-state index contributed by atoms with van der Waals surface area (Å²) in [4.78, 5) is 11.1. The molecule has 7 heteroatoms. The Morgan fingerprint density at radius 3 is 2.39 bits per heavy atom. The number of morpholine rings is 1. The first-order valence-corrected chi connectivity index (χ1v) is 9.11. The van der Waals surface area contributed by atoms with Crippen molar-refractivity contribution < 1.29 is 17.9 Å². The van der Waals surface area contributed by atoms with Gasteiger partial charge in [0.1, 0.15) is 0 Å². The number of aromatic nitrogens is 2. The van der Waals surface area contributed by atoms with Gasteiger partial charge in [0.2, 0.25) is 5.95 Å². The first-order valence-electron chi connectivity index (χ1n) is 9.11. The number of hydrogen-bond donors (Lipinski definition) is 0. The maximum Gasteiger partial charge on any atom is 0.416 e. The summed E-state index contributed by atoms with van der Waals surface area (Å²) in [6, 6.07) is 11.1. The predicted octanol–water partition coefficient (Wildman–Crippen LogP) is 4.46. The van der Waals surface area contributed by atoms with E-state index in [-0.39, 0.29) is 11.3 Å². The largest absolute Gasteiger partial charge is 0.416 e. The Kier molecular flexibility index (Phi) is 5.17. The first-order chi connectivity index (χ1) is 13.5. The molecule has 1 aromatic heterocycles. The maximum absolute atomic E-state index is 13.6.